The molecule has 1 N–H and O–H groups in total. The lowest BCUT2D eigenvalue weighted by Crippen LogP contribution is -2.46. The molecule has 142 valence electrons. The van der Waals surface area contributed by atoms with E-state index in [9.17, 15) is 4.79 Å². The molecule has 0 aliphatic carbocycles. The molecule has 5 nitrogen and oxygen atoms in total. The number of hydrogen-bond donors (Lipinski definition) is 1. The summed E-state index contributed by atoms with van der Waals surface area (Å²) in [6.45, 7) is 1.30. The molecule has 0 radical (unpaired) electrons. The van der Waals surface area contributed by atoms with Gasteiger partial charge in [-0.05, 0) is 53.0 Å². The fourth-order valence-corrected chi connectivity index (χ4v) is 5.15. The number of hydrogen-bond acceptors (Lipinski definition) is 4. The zero-order chi connectivity index (χ0) is 19.0. The van der Waals surface area contributed by atoms with Crippen molar-refractivity contribution in [3.63, 3.8) is 0 Å². The Hall–Kier alpha value is -1.57. The molecule has 1 fully saturated rings. The number of amides is 1. The Kier molecular flexibility index (Phi) is 5.43. The molecular weight excluding hydrogens is 476 g/mol. The number of anilines is 1. The molecule has 7 heteroatoms. The van der Waals surface area contributed by atoms with E-state index in [2.05, 4.69) is 37.2 Å². The minimum absolute atomic E-state index is 0.00278. The Morgan fingerprint density at radius 2 is 2.11 bits per heavy atom. The fraction of sp³-hybridized carbons (Fsp3) is 0.350. The number of carbonyl (C=O) groups is 1. The maximum absolute atomic E-state index is 13.3. The first-order valence-corrected chi connectivity index (χ1v) is 10.5. The Bertz CT molecular complexity index is 868. The Morgan fingerprint density at radius 1 is 1.30 bits per heavy atom. The first-order valence-electron chi connectivity index (χ1n) is 8.89. The number of carbonyl (C=O) groups excluding carboxylic acids is 1. The number of methoxy groups -OCH3 is 1. The third-order valence-electron chi connectivity index (χ3n) is 4.98. The van der Waals surface area contributed by atoms with Gasteiger partial charge in [0.2, 0.25) is 0 Å². The van der Waals surface area contributed by atoms with Crippen molar-refractivity contribution in [1.82, 2.24) is 4.90 Å². The van der Waals surface area contributed by atoms with Gasteiger partial charge >= 0.3 is 0 Å². The molecule has 0 bridgehead atoms. The number of fused-ring (bicyclic) bond motifs is 1. The predicted molar refractivity (Wildman–Crippen MR) is 111 cm³/mol. The van der Waals surface area contributed by atoms with E-state index in [1.807, 2.05) is 41.3 Å². The summed E-state index contributed by atoms with van der Waals surface area (Å²) < 4.78 is 13.2. The van der Waals surface area contributed by atoms with Crippen molar-refractivity contribution < 1.29 is 14.3 Å². The van der Waals surface area contributed by atoms with E-state index >= 15 is 0 Å². The summed E-state index contributed by atoms with van der Waals surface area (Å²) in [7, 11) is 1.64. The van der Waals surface area contributed by atoms with E-state index in [1.165, 1.54) is 0 Å². The lowest BCUT2D eigenvalue weighted by Gasteiger charge is -2.39. The van der Waals surface area contributed by atoms with Crippen molar-refractivity contribution in [2.24, 2.45) is 0 Å². The molecule has 0 saturated carbocycles. The first-order chi connectivity index (χ1) is 13.1. The third kappa shape index (κ3) is 3.60. The molecule has 2 atom stereocenters. The highest BCUT2D eigenvalue weighted by atomic mass is 79.9. The number of rotatable bonds is 4. The van der Waals surface area contributed by atoms with Gasteiger partial charge in [-0.2, -0.15) is 0 Å². The minimum Gasteiger partial charge on any atom is -0.495 e. The molecule has 0 aromatic heterocycles. The molecule has 2 aliphatic rings. The Balaban J connectivity index is 1.80. The van der Waals surface area contributed by atoms with Gasteiger partial charge in [0.05, 0.1) is 23.2 Å². The van der Waals surface area contributed by atoms with E-state index in [1.54, 1.807) is 7.11 Å². The maximum Gasteiger partial charge on any atom is 0.257 e. The van der Waals surface area contributed by atoms with E-state index < -0.39 is 0 Å². The van der Waals surface area contributed by atoms with Crippen LogP contribution in [0.4, 0.5) is 5.69 Å². The molecule has 2 heterocycles. The van der Waals surface area contributed by atoms with Gasteiger partial charge in [0, 0.05) is 28.9 Å². The van der Waals surface area contributed by atoms with Crippen LogP contribution < -0.4 is 10.1 Å². The van der Waals surface area contributed by atoms with Crippen molar-refractivity contribution in [1.29, 1.82) is 0 Å². The van der Waals surface area contributed by atoms with Crippen molar-refractivity contribution in [3.8, 4) is 5.75 Å². The molecule has 0 unspecified atom stereocenters. The maximum atomic E-state index is 13.3. The van der Waals surface area contributed by atoms with Crippen LogP contribution in [0.1, 0.15) is 34.9 Å². The topological polar surface area (TPSA) is 50.8 Å². The predicted octanol–water partition coefficient (Wildman–Crippen LogP) is 4.97. The van der Waals surface area contributed by atoms with Gasteiger partial charge in [-0.1, -0.05) is 28.1 Å². The van der Waals surface area contributed by atoms with Crippen molar-refractivity contribution in [2.45, 2.75) is 25.1 Å². The summed E-state index contributed by atoms with van der Waals surface area (Å²) in [6.07, 6.45) is 1.72. The largest absolute Gasteiger partial charge is 0.495 e. The van der Waals surface area contributed by atoms with Crippen LogP contribution in [0.2, 0.25) is 0 Å². The number of nitrogens with one attached hydrogen (secondary N) is 1. The van der Waals surface area contributed by atoms with Crippen LogP contribution in [0.5, 0.6) is 5.75 Å². The molecule has 4 rings (SSSR count). The second kappa shape index (κ2) is 7.81. The average molecular weight is 496 g/mol. The van der Waals surface area contributed by atoms with Crippen LogP contribution in [0.3, 0.4) is 0 Å². The summed E-state index contributed by atoms with van der Waals surface area (Å²) in [6, 6.07) is 11.5. The molecule has 2 aliphatic heterocycles. The second-order valence-corrected chi connectivity index (χ2v) is 8.47. The molecule has 2 aromatic rings. The summed E-state index contributed by atoms with van der Waals surface area (Å²) >= 11 is 7.13. The second-order valence-electron chi connectivity index (χ2n) is 6.70. The number of halogens is 2. The molecule has 0 spiro atoms. The van der Waals surface area contributed by atoms with Crippen LogP contribution in [0, 0.1) is 0 Å². The summed E-state index contributed by atoms with van der Waals surface area (Å²) in [5.74, 6) is 0.711. The zero-order valence-corrected chi connectivity index (χ0v) is 18.0. The quantitative estimate of drug-likeness (QED) is 0.650. The Labute approximate surface area is 175 Å². The van der Waals surface area contributed by atoms with Gasteiger partial charge < -0.3 is 19.7 Å². The Morgan fingerprint density at radius 3 is 2.85 bits per heavy atom. The van der Waals surface area contributed by atoms with Crippen LogP contribution >= 0.6 is 31.9 Å². The molecular formula is C20H20Br2N2O3. The SMILES string of the molecule is COc1c(Br)cc(Br)cc1[C@@H]1Nc2ccccc2C(=O)N1C[C@H]1CCCO1. The smallest absolute Gasteiger partial charge is 0.257 e. The van der Waals surface area contributed by atoms with E-state index in [0.717, 1.165) is 39.6 Å². The first kappa shape index (κ1) is 18.8. The number of benzene rings is 2. The zero-order valence-electron chi connectivity index (χ0n) is 14.9. The highest BCUT2D eigenvalue weighted by molar-refractivity contribution is 9.11. The van der Waals surface area contributed by atoms with Gasteiger partial charge in [0.1, 0.15) is 11.9 Å². The fourth-order valence-electron chi connectivity index (χ4n) is 3.73. The average Bonchev–Trinajstić information content (AvgIpc) is 3.16. The van der Waals surface area contributed by atoms with Gasteiger partial charge in [0.25, 0.3) is 5.91 Å². The van der Waals surface area contributed by atoms with Crippen LogP contribution in [0.15, 0.2) is 45.3 Å². The van der Waals surface area contributed by atoms with E-state index in [0.29, 0.717) is 17.9 Å². The van der Waals surface area contributed by atoms with Crippen molar-refractivity contribution in [3.05, 3.63) is 56.5 Å². The van der Waals surface area contributed by atoms with E-state index in [4.69, 9.17) is 9.47 Å². The highest BCUT2D eigenvalue weighted by Gasteiger charge is 2.37. The van der Waals surface area contributed by atoms with Gasteiger partial charge in [-0.3, -0.25) is 4.79 Å². The summed E-state index contributed by atoms with van der Waals surface area (Å²) in [4.78, 5) is 15.2. The molecule has 1 saturated heterocycles. The molecule has 1 amide bonds. The van der Waals surface area contributed by atoms with Crippen LogP contribution in [-0.4, -0.2) is 37.2 Å². The lowest BCUT2D eigenvalue weighted by molar-refractivity contribution is 0.0424. The normalized spacial score (nSPS) is 21.7. The van der Waals surface area contributed by atoms with Crippen molar-refractivity contribution in [2.75, 3.05) is 25.6 Å². The number of ether oxygens (including phenoxy) is 2. The van der Waals surface area contributed by atoms with Crippen molar-refractivity contribution >= 4 is 43.5 Å². The van der Waals surface area contributed by atoms with Crippen LogP contribution in [0.25, 0.3) is 0 Å². The summed E-state index contributed by atoms with van der Waals surface area (Å²) in [5.41, 5.74) is 2.40. The number of nitrogens with zero attached hydrogens (tertiary/aromatic N) is 1. The molecule has 2 aromatic carbocycles. The lowest BCUT2D eigenvalue weighted by atomic mass is 10.0. The van der Waals surface area contributed by atoms with Gasteiger partial charge in [-0.25, -0.2) is 0 Å². The monoisotopic (exact) mass is 494 g/mol. The number of para-hydroxylation sites is 1. The highest BCUT2D eigenvalue weighted by Crippen LogP contribution is 2.41. The standard InChI is InChI=1S/C20H20Br2N2O3/c1-26-18-15(9-12(21)10-16(18)22)19-23-17-7-3-2-6-14(17)20(25)24(19)11-13-5-4-8-27-13/h2-3,6-7,9-10,13,19,23H,4-5,8,11H2,1H3/t13-,19-/m1/s1. The third-order valence-corrected chi connectivity index (χ3v) is 6.03. The van der Waals surface area contributed by atoms with Gasteiger partial charge in [-0.15, -0.1) is 0 Å². The van der Waals surface area contributed by atoms with Crippen LogP contribution in [-0.2, 0) is 4.74 Å². The summed E-state index contributed by atoms with van der Waals surface area (Å²) in [5, 5.41) is 3.52. The molecule has 27 heavy (non-hydrogen) atoms. The van der Waals surface area contributed by atoms with E-state index in [-0.39, 0.29) is 18.2 Å². The minimum atomic E-state index is -0.347. The van der Waals surface area contributed by atoms with Gasteiger partial charge in [0.15, 0.2) is 0 Å².